The molecule has 5 nitrogen and oxygen atoms in total. The van der Waals surface area contributed by atoms with Gasteiger partial charge in [0.15, 0.2) is 0 Å². The molecule has 0 aliphatic rings. The predicted molar refractivity (Wildman–Crippen MR) is 103 cm³/mol. The lowest BCUT2D eigenvalue weighted by Crippen LogP contribution is -2.15. The van der Waals surface area contributed by atoms with Crippen LogP contribution in [0.25, 0.3) is 0 Å². The van der Waals surface area contributed by atoms with Crippen LogP contribution < -0.4 is 10.0 Å². The van der Waals surface area contributed by atoms with Crippen molar-refractivity contribution in [2.24, 2.45) is 0 Å². The largest absolute Gasteiger partial charge is 0.322 e. The highest BCUT2D eigenvalue weighted by Gasteiger charge is 2.16. The number of anilines is 2. The van der Waals surface area contributed by atoms with E-state index >= 15 is 0 Å². The quantitative estimate of drug-likeness (QED) is 0.655. The minimum absolute atomic E-state index is 0.0132. The van der Waals surface area contributed by atoms with Crippen LogP contribution in [-0.4, -0.2) is 14.3 Å². The van der Waals surface area contributed by atoms with Crippen molar-refractivity contribution in [1.82, 2.24) is 0 Å². The molecular weight excluding hydrogens is 391 g/mol. The van der Waals surface area contributed by atoms with Crippen LogP contribution in [0.5, 0.6) is 0 Å². The predicted octanol–water partition coefficient (Wildman–Crippen LogP) is 4.53. The molecular formula is C19H14ClFN2O3S. The Hall–Kier alpha value is -2.90. The van der Waals surface area contributed by atoms with Crippen LogP contribution in [0.2, 0.25) is 5.02 Å². The van der Waals surface area contributed by atoms with Gasteiger partial charge in [-0.25, -0.2) is 12.8 Å². The van der Waals surface area contributed by atoms with E-state index in [-0.39, 0.29) is 21.2 Å². The molecule has 3 rings (SSSR count). The van der Waals surface area contributed by atoms with Gasteiger partial charge in [-0.1, -0.05) is 23.7 Å². The number of hydrogen-bond donors (Lipinski definition) is 2. The van der Waals surface area contributed by atoms with Crippen LogP contribution in [0.15, 0.2) is 77.7 Å². The highest BCUT2D eigenvalue weighted by Crippen LogP contribution is 2.24. The van der Waals surface area contributed by atoms with Gasteiger partial charge in [0.2, 0.25) is 0 Å². The lowest BCUT2D eigenvalue weighted by atomic mass is 10.2. The smallest absolute Gasteiger partial charge is 0.261 e. The molecule has 0 aliphatic heterocycles. The van der Waals surface area contributed by atoms with Gasteiger partial charge in [-0.2, -0.15) is 0 Å². The van der Waals surface area contributed by atoms with E-state index in [0.29, 0.717) is 5.69 Å². The average Bonchev–Trinajstić information content (AvgIpc) is 2.65. The van der Waals surface area contributed by atoms with E-state index < -0.39 is 21.7 Å². The standard InChI is InChI=1S/C19H14ClFN2O3S/c20-17-3-1-2-4-18(17)23-27(25,26)16-11-5-13(6-12-16)19(24)22-15-9-7-14(21)8-10-15/h1-12,23H,(H,22,24). The third-order valence-electron chi connectivity index (χ3n) is 3.65. The van der Waals surface area contributed by atoms with Crippen LogP contribution in [0.4, 0.5) is 15.8 Å². The SMILES string of the molecule is O=C(Nc1ccc(F)cc1)c1ccc(S(=O)(=O)Nc2ccccc2Cl)cc1. The van der Waals surface area contributed by atoms with Crippen molar-refractivity contribution in [2.45, 2.75) is 4.90 Å². The number of nitrogens with one attached hydrogen (secondary N) is 2. The van der Waals surface area contributed by atoms with Crippen LogP contribution in [0, 0.1) is 5.82 Å². The molecule has 2 N–H and O–H groups in total. The van der Waals surface area contributed by atoms with Crippen molar-refractivity contribution in [3.05, 3.63) is 89.2 Å². The number of carbonyl (C=O) groups is 1. The summed E-state index contributed by atoms with van der Waals surface area (Å²) in [5.41, 5.74) is 0.951. The molecule has 3 aromatic rings. The van der Waals surface area contributed by atoms with Gasteiger partial charge in [-0.15, -0.1) is 0 Å². The Morgan fingerprint density at radius 3 is 2.15 bits per heavy atom. The Morgan fingerprint density at radius 1 is 0.889 bits per heavy atom. The molecule has 0 radical (unpaired) electrons. The Balaban J connectivity index is 1.75. The van der Waals surface area contributed by atoms with Crippen molar-refractivity contribution in [3.8, 4) is 0 Å². The first kappa shape index (κ1) is 18.9. The van der Waals surface area contributed by atoms with Gasteiger partial charge in [0, 0.05) is 11.3 Å². The number of para-hydroxylation sites is 1. The second kappa shape index (κ2) is 7.77. The second-order valence-electron chi connectivity index (χ2n) is 5.57. The summed E-state index contributed by atoms with van der Waals surface area (Å²) in [7, 11) is -3.85. The van der Waals surface area contributed by atoms with Gasteiger partial charge in [0.1, 0.15) is 5.82 Å². The molecule has 0 saturated carbocycles. The number of hydrogen-bond acceptors (Lipinski definition) is 3. The summed E-state index contributed by atoms with van der Waals surface area (Å²) in [6.07, 6.45) is 0. The highest BCUT2D eigenvalue weighted by molar-refractivity contribution is 7.92. The normalized spacial score (nSPS) is 11.0. The van der Waals surface area contributed by atoms with E-state index in [1.54, 1.807) is 24.3 Å². The maximum Gasteiger partial charge on any atom is 0.261 e. The van der Waals surface area contributed by atoms with Gasteiger partial charge in [-0.3, -0.25) is 9.52 Å². The van der Waals surface area contributed by atoms with Gasteiger partial charge in [-0.05, 0) is 60.7 Å². The van der Waals surface area contributed by atoms with E-state index in [9.17, 15) is 17.6 Å². The van der Waals surface area contributed by atoms with Gasteiger partial charge >= 0.3 is 0 Å². The van der Waals surface area contributed by atoms with E-state index in [1.165, 1.54) is 48.5 Å². The van der Waals surface area contributed by atoms with Crippen molar-refractivity contribution in [3.63, 3.8) is 0 Å². The molecule has 8 heteroatoms. The molecule has 0 unspecified atom stereocenters. The van der Waals surface area contributed by atoms with Crippen LogP contribution in [0.3, 0.4) is 0 Å². The molecule has 0 bridgehead atoms. The van der Waals surface area contributed by atoms with Crippen molar-refractivity contribution in [1.29, 1.82) is 0 Å². The number of carbonyl (C=O) groups excluding carboxylic acids is 1. The fourth-order valence-electron chi connectivity index (χ4n) is 2.27. The summed E-state index contributed by atoms with van der Waals surface area (Å²) in [4.78, 5) is 12.2. The Kier molecular flexibility index (Phi) is 5.43. The number of halogens is 2. The summed E-state index contributed by atoms with van der Waals surface area (Å²) in [6.45, 7) is 0. The number of rotatable bonds is 5. The first-order valence-electron chi connectivity index (χ1n) is 7.79. The fraction of sp³-hybridized carbons (Fsp3) is 0. The monoisotopic (exact) mass is 404 g/mol. The lowest BCUT2D eigenvalue weighted by molar-refractivity contribution is 0.102. The van der Waals surface area contributed by atoms with Crippen LogP contribution in [0.1, 0.15) is 10.4 Å². The topological polar surface area (TPSA) is 75.3 Å². The summed E-state index contributed by atoms with van der Waals surface area (Å²) in [5, 5.41) is 2.88. The maximum absolute atomic E-state index is 12.9. The zero-order valence-electron chi connectivity index (χ0n) is 13.8. The molecule has 0 aromatic heterocycles. The molecule has 27 heavy (non-hydrogen) atoms. The summed E-state index contributed by atoms with van der Waals surface area (Å²) >= 11 is 5.97. The molecule has 0 spiro atoms. The van der Waals surface area contributed by atoms with E-state index in [1.807, 2.05) is 0 Å². The molecule has 0 saturated heterocycles. The molecule has 0 aliphatic carbocycles. The van der Waals surface area contributed by atoms with E-state index in [0.717, 1.165) is 0 Å². The van der Waals surface area contributed by atoms with E-state index in [4.69, 9.17) is 11.6 Å². The molecule has 0 atom stereocenters. The Bertz CT molecular complexity index is 1070. The first-order chi connectivity index (χ1) is 12.8. The maximum atomic E-state index is 12.9. The van der Waals surface area contributed by atoms with Gasteiger partial charge in [0.05, 0.1) is 15.6 Å². The fourth-order valence-corrected chi connectivity index (χ4v) is 3.59. The van der Waals surface area contributed by atoms with Crippen LogP contribution >= 0.6 is 11.6 Å². The average molecular weight is 405 g/mol. The highest BCUT2D eigenvalue weighted by atomic mass is 35.5. The van der Waals surface area contributed by atoms with Crippen LogP contribution in [-0.2, 0) is 10.0 Å². The summed E-state index contributed by atoms with van der Waals surface area (Å²) < 4.78 is 40.2. The number of benzene rings is 3. The minimum atomic E-state index is -3.85. The third kappa shape index (κ3) is 4.64. The number of sulfonamides is 1. The lowest BCUT2D eigenvalue weighted by Gasteiger charge is -2.10. The molecule has 138 valence electrons. The molecule has 3 aromatic carbocycles. The van der Waals surface area contributed by atoms with Crippen molar-refractivity contribution in [2.75, 3.05) is 10.0 Å². The minimum Gasteiger partial charge on any atom is -0.322 e. The molecule has 1 amide bonds. The first-order valence-corrected chi connectivity index (χ1v) is 9.65. The Morgan fingerprint density at radius 2 is 1.52 bits per heavy atom. The summed E-state index contributed by atoms with van der Waals surface area (Å²) in [5.74, 6) is -0.849. The summed E-state index contributed by atoms with van der Waals surface area (Å²) in [6, 6.07) is 17.2. The van der Waals surface area contributed by atoms with Crippen molar-refractivity contribution >= 4 is 38.9 Å². The Labute approximate surface area is 160 Å². The van der Waals surface area contributed by atoms with Gasteiger partial charge in [0.25, 0.3) is 15.9 Å². The molecule has 0 heterocycles. The van der Waals surface area contributed by atoms with Crippen molar-refractivity contribution < 1.29 is 17.6 Å². The number of amides is 1. The zero-order chi connectivity index (χ0) is 19.4. The third-order valence-corrected chi connectivity index (χ3v) is 5.36. The zero-order valence-corrected chi connectivity index (χ0v) is 15.4. The molecule has 0 fully saturated rings. The van der Waals surface area contributed by atoms with E-state index in [2.05, 4.69) is 10.0 Å². The second-order valence-corrected chi connectivity index (χ2v) is 7.66. The van der Waals surface area contributed by atoms with Gasteiger partial charge < -0.3 is 5.32 Å².